The zero-order chi connectivity index (χ0) is 23.2. The van der Waals surface area contributed by atoms with E-state index in [1.54, 1.807) is 0 Å². The summed E-state index contributed by atoms with van der Waals surface area (Å²) < 4.78 is 12.8. The normalized spacial score (nSPS) is 19.7. The molecule has 33 heavy (non-hydrogen) atoms. The molecule has 1 saturated heterocycles. The number of aromatic nitrogens is 2. The van der Waals surface area contributed by atoms with Gasteiger partial charge in [0.1, 0.15) is 18.6 Å². The molecule has 0 amide bonds. The first kappa shape index (κ1) is 22.3. The maximum atomic E-state index is 12.4. The van der Waals surface area contributed by atoms with Crippen molar-refractivity contribution in [3.8, 4) is 5.75 Å². The minimum atomic E-state index is -0.763. The average Bonchev–Trinajstić information content (AvgIpc) is 3.23. The Hall–Kier alpha value is -3.85. The fraction of sp³-hybridized carbons (Fsp3) is 0.304. The van der Waals surface area contributed by atoms with Crippen LogP contribution < -0.4 is 16.0 Å². The van der Waals surface area contributed by atoms with E-state index in [1.807, 2.05) is 54.6 Å². The van der Waals surface area contributed by atoms with Gasteiger partial charge in [-0.25, -0.2) is 4.79 Å². The quantitative estimate of drug-likeness (QED) is 0.309. The second-order valence-corrected chi connectivity index (χ2v) is 7.74. The van der Waals surface area contributed by atoms with Crippen LogP contribution in [0.4, 0.5) is 0 Å². The number of hydrogen-bond acceptors (Lipinski definition) is 6. The SMILES string of the molecule is [N-]=[N+]=N[C@H]1C[C@H](n2cc(Cc3cccc(OCc4ccccc4)c3)c(=O)[nH]c2=O)O[C@@H]1CO. The lowest BCUT2D eigenvalue weighted by atomic mass is 10.1. The van der Waals surface area contributed by atoms with E-state index >= 15 is 0 Å². The summed E-state index contributed by atoms with van der Waals surface area (Å²) >= 11 is 0. The minimum Gasteiger partial charge on any atom is -0.489 e. The van der Waals surface area contributed by atoms with Gasteiger partial charge in [0, 0.05) is 29.5 Å². The lowest BCUT2D eigenvalue weighted by molar-refractivity contribution is -0.0271. The van der Waals surface area contributed by atoms with Crippen molar-refractivity contribution in [3.05, 3.63) is 109 Å². The van der Waals surface area contributed by atoms with E-state index in [9.17, 15) is 14.7 Å². The number of rotatable bonds is 8. The number of aliphatic hydroxyl groups excluding tert-OH is 1. The molecule has 10 heteroatoms. The molecule has 0 saturated carbocycles. The van der Waals surface area contributed by atoms with Gasteiger partial charge in [0.15, 0.2) is 0 Å². The van der Waals surface area contributed by atoms with Gasteiger partial charge in [-0.2, -0.15) is 0 Å². The lowest BCUT2D eigenvalue weighted by Crippen LogP contribution is -2.34. The highest BCUT2D eigenvalue weighted by atomic mass is 16.5. The molecule has 0 bridgehead atoms. The Morgan fingerprint density at radius 1 is 1.18 bits per heavy atom. The van der Waals surface area contributed by atoms with Crippen molar-refractivity contribution in [2.24, 2.45) is 5.11 Å². The number of nitrogens with zero attached hydrogens (tertiary/aromatic N) is 4. The summed E-state index contributed by atoms with van der Waals surface area (Å²) in [5, 5.41) is 13.1. The van der Waals surface area contributed by atoms with Crippen LogP contribution in [0.3, 0.4) is 0 Å². The van der Waals surface area contributed by atoms with Gasteiger partial charge < -0.3 is 14.6 Å². The predicted octanol–water partition coefficient (Wildman–Crippen LogP) is 2.67. The minimum absolute atomic E-state index is 0.212. The molecular weight excluding hydrogens is 426 g/mol. The fourth-order valence-corrected chi connectivity index (χ4v) is 3.81. The third kappa shape index (κ3) is 5.32. The summed E-state index contributed by atoms with van der Waals surface area (Å²) in [5.74, 6) is 0.670. The predicted molar refractivity (Wildman–Crippen MR) is 120 cm³/mol. The molecule has 3 atom stereocenters. The Morgan fingerprint density at radius 2 is 1.97 bits per heavy atom. The van der Waals surface area contributed by atoms with E-state index in [-0.39, 0.29) is 19.4 Å². The van der Waals surface area contributed by atoms with Crippen LogP contribution in [-0.2, 0) is 17.8 Å². The number of hydrogen-bond donors (Lipinski definition) is 2. The van der Waals surface area contributed by atoms with Crippen molar-refractivity contribution in [2.75, 3.05) is 6.61 Å². The van der Waals surface area contributed by atoms with Crippen LogP contribution in [0, 0.1) is 0 Å². The van der Waals surface area contributed by atoms with Crippen LogP contribution in [0.25, 0.3) is 10.4 Å². The monoisotopic (exact) mass is 449 g/mol. The third-order valence-electron chi connectivity index (χ3n) is 5.48. The standard InChI is InChI=1S/C23H23N5O5/c24-27-26-19-11-21(33-20(19)13-29)28-12-17(22(30)25-23(28)31)9-16-7-4-8-18(10-16)32-14-15-5-2-1-3-6-15/h1-8,10,12,19-21,29H,9,11,13-14H2,(H,25,30,31)/t19-,20+,21+/m0/s1. The summed E-state index contributed by atoms with van der Waals surface area (Å²) in [6.07, 6.45) is 0.460. The number of aromatic amines is 1. The van der Waals surface area contributed by atoms with E-state index in [0.717, 1.165) is 11.1 Å². The average molecular weight is 449 g/mol. The van der Waals surface area contributed by atoms with Crippen LogP contribution in [0.1, 0.15) is 29.3 Å². The molecule has 0 aliphatic carbocycles. The highest BCUT2D eigenvalue weighted by Crippen LogP contribution is 2.30. The lowest BCUT2D eigenvalue weighted by Gasteiger charge is -2.15. The van der Waals surface area contributed by atoms with Crippen LogP contribution in [0.2, 0.25) is 0 Å². The number of aliphatic hydroxyl groups is 1. The highest BCUT2D eigenvalue weighted by molar-refractivity contribution is 5.32. The molecule has 3 aromatic rings. The molecule has 1 aromatic heterocycles. The van der Waals surface area contributed by atoms with Gasteiger partial charge in [-0.1, -0.05) is 47.6 Å². The van der Waals surface area contributed by atoms with E-state index in [1.165, 1.54) is 10.8 Å². The zero-order valence-electron chi connectivity index (χ0n) is 17.7. The largest absolute Gasteiger partial charge is 0.489 e. The van der Waals surface area contributed by atoms with Gasteiger partial charge in [-0.15, -0.1) is 0 Å². The first-order valence-electron chi connectivity index (χ1n) is 10.5. The number of H-pyrrole nitrogens is 1. The summed E-state index contributed by atoms with van der Waals surface area (Å²) in [6.45, 7) is 0.0774. The number of ether oxygens (including phenoxy) is 2. The van der Waals surface area contributed by atoms with Gasteiger partial charge in [0.2, 0.25) is 0 Å². The summed E-state index contributed by atoms with van der Waals surface area (Å²) in [6, 6.07) is 16.6. The smallest absolute Gasteiger partial charge is 0.330 e. The molecule has 1 aliphatic rings. The van der Waals surface area contributed by atoms with E-state index in [4.69, 9.17) is 15.0 Å². The molecule has 0 radical (unpaired) electrons. The van der Waals surface area contributed by atoms with Crippen LogP contribution >= 0.6 is 0 Å². The highest BCUT2D eigenvalue weighted by Gasteiger charge is 2.35. The molecule has 2 N–H and O–H groups in total. The summed E-state index contributed by atoms with van der Waals surface area (Å²) in [4.78, 5) is 29.9. The van der Waals surface area contributed by atoms with E-state index in [2.05, 4.69) is 15.0 Å². The van der Waals surface area contributed by atoms with E-state index in [0.29, 0.717) is 17.9 Å². The maximum Gasteiger partial charge on any atom is 0.330 e. The molecule has 0 unspecified atom stereocenters. The van der Waals surface area contributed by atoms with Gasteiger partial charge in [0.25, 0.3) is 5.56 Å². The first-order valence-corrected chi connectivity index (χ1v) is 10.5. The second-order valence-electron chi connectivity index (χ2n) is 7.74. The third-order valence-corrected chi connectivity index (χ3v) is 5.48. The maximum absolute atomic E-state index is 12.4. The van der Waals surface area contributed by atoms with Gasteiger partial charge in [-0.3, -0.25) is 14.3 Å². The zero-order valence-corrected chi connectivity index (χ0v) is 17.7. The molecule has 170 valence electrons. The van der Waals surface area contributed by atoms with Crippen LogP contribution in [0.15, 0.2) is 75.5 Å². The molecule has 0 spiro atoms. The molecule has 1 aliphatic heterocycles. The first-order chi connectivity index (χ1) is 16.1. The Labute approximate surface area is 188 Å². The van der Waals surface area contributed by atoms with Gasteiger partial charge in [0.05, 0.1) is 18.8 Å². The molecule has 2 aromatic carbocycles. The van der Waals surface area contributed by atoms with Crippen molar-refractivity contribution in [2.45, 2.75) is 37.8 Å². The Morgan fingerprint density at radius 3 is 2.73 bits per heavy atom. The number of benzene rings is 2. The molecule has 10 nitrogen and oxygen atoms in total. The Balaban J connectivity index is 1.53. The van der Waals surface area contributed by atoms with Gasteiger partial charge in [-0.05, 0) is 28.8 Å². The van der Waals surface area contributed by atoms with Gasteiger partial charge >= 0.3 is 5.69 Å². The fourth-order valence-electron chi connectivity index (χ4n) is 3.81. The Bertz CT molecular complexity index is 1270. The van der Waals surface area contributed by atoms with E-state index < -0.39 is 29.6 Å². The molecule has 2 heterocycles. The van der Waals surface area contributed by atoms with Crippen molar-refractivity contribution in [3.63, 3.8) is 0 Å². The van der Waals surface area contributed by atoms with Crippen LogP contribution in [-0.4, -0.2) is 33.4 Å². The van der Waals surface area contributed by atoms with Crippen molar-refractivity contribution < 1.29 is 14.6 Å². The van der Waals surface area contributed by atoms with Crippen molar-refractivity contribution >= 4 is 0 Å². The molecule has 1 fully saturated rings. The topological polar surface area (TPSA) is 142 Å². The molecular formula is C23H23N5O5. The van der Waals surface area contributed by atoms with Crippen molar-refractivity contribution in [1.29, 1.82) is 0 Å². The second kappa shape index (κ2) is 10.2. The van der Waals surface area contributed by atoms with Crippen LogP contribution in [0.5, 0.6) is 5.75 Å². The van der Waals surface area contributed by atoms with Crippen molar-refractivity contribution in [1.82, 2.24) is 9.55 Å². The summed E-state index contributed by atoms with van der Waals surface area (Å²) in [5.41, 5.74) is 9.84. The Kier molecular flexibility index (Phi) is 6.89. The molecule has 4 rings (SSSR count). The number of azide groups is 1. The number of nitrogens with one attached hydrogen (secondary N) is 1. The summed E-state index contributed by atoms with van der Waals surface area (Å²) in [7, 11) is 0.